The number of hydrogen-bond donors (Lipinski definition) is 0. The normalized spacial score (nSPS) is 10.6. The molecular formula is C14H20BrI. The van der Waals surface area contributed by atoms with Gasteiger partial charge in [-0.15, -0.1) is 0 Å². The molecule has 0 saturated carbocycles. The van der Waals surface area contributed by atoms with Gasteiger partial charge in [0.05, 0.1) is 0 Å². The van der Waals surface area contributed by atoms with Crippen molar-refractivity contribution in [2.75, 3.05) is 5.33 Å². The molecule has 1 aromatic rings. The van der Waals surface area contributed by atoms with Crippen molar-refractivity contribution in [2.45, 2.75) is 44.9 Å². The average Bonchev–Trinajstić information content (AvgIpc) is 2.30. The maximum absolute atomic E-state index is 3.47. The molecule has 0 aromatic heterocycles. The van der Waals surface area contributed by atoms with E-state index in [4.69, 9.17) is 0 Å². The van der Waals surface area contributed by atoms with Crippen LogP contribution in [0.4, 0.5) is 0 Å². The number of benzene rings is 1. The zero-order valence-electron chi connectivity index (χ0n) is 9.72. The van der Waals surface area contributed by atoms with Gasteiger partial charge in [-0.1, -0.05) is 59.8 Å². The number of rotatable bonds is 8. The van der Waals surface area contributed by atoms with Crippen LogP contribution in [0.2, 0.25) is 0 Å². The molecule has 0 aliphatic rings. The fraction of sp³-hybridized carbons (Fsp3) is 0.571. The van der Waals surface area contributed by atoms with E-state index in [0.29, 0.717) is 0 Å². The summed E-state index contributed by atoms with van der Waals surface area (Å²) in [6, 6.07) is 8.72. The van der Waals surface area contributed by atoms with Crippen LogP contribution in [-0.4, -0.2) is 5.33 Å². The average molecular weight is 395 g/mol. The summed E-state index contributed by atoms with van der Waals surface area (Å²) < 4.78 is 1.42. The van der Waals surface area contributed by atoms with E-state index in [9.17, 15) is 0 Å². The highest BCUT2D eigenvalue weighted by Gasteiger charge is 1.97. The summed E-state index contributed by atoms with van der Waals surface area (Å²) in [6.45, 7) is 0. The molecule has 0 N–H and O–H groups in total. The summed E-state index contributed by atoms with van der Waals surface area (Å²) in [7, 11) is 0. The van der Waals surface area contributed by atoms with Crippen LogP contribution < -0.4 is 0 Å². The van der Waals surface area contributed by atoms with Crippen LogP contribution in [0.5, 0.6) is 0 Å². The molecule has 0 unspecified atom stereocenters. The Hall–Kier alpha value is 0.430. The maximum atomic E-state index is 3.47. The molecule has 0 amide bonds. The number of alkyl halides is 1. The van der Waals surface area contributed by atoms with Crippen LogP contribution in [0.3, 0.4) is 0 Å². The van der Waals surface area contributed by atoms with E-state index in [1.807, 2.05) is 0 Å². The lowest BCUT2D eigenvalue weighted by atomic mass is 10.1. The summed E-state index contributed by atoms with van der Waals surface area (Å²) in [5.41, 5.74) is 1.52. The molecule has 0 atom stereocenters. The lowest BCUT2D eigenvalue weighted by molar-refractivity contribution is 0.609. The van der Waals surface area contributed by atoms with Gasteiger partial charge in [-0.05, 0) is 53.5 Å². The summed E-state index contributed by atoms with van der Waals surface area (Å²) in [4.78, 5) is 0. The van der Waals surface area contributed by atoms with Gasteiger partial charge in [-0.25, -0.2) is 0 Å². The summed E-state index contributed by atoms with van der Waals surface area (Å²) >= 11 is 5.90. The maximum Gasteiger partial charge on any atom is 0.0162 e. The van der Waals surface area contributed by atoms with Crippen LogP contribution in [0.1, 0.15) is 44.1 Å². The molecule has 0 fully saturated rings. The van der Waals surface area contributed by atoms with Crippen LogP contribution in [0.25, 0.3) is 0 Å². The third-order valence-electron chi connectivity index (χ3n) is 2.79. The van der Waals surface area contributed by atoms with Crippen molar-refractivity contribution in [3.8, 4) is 0 Å². The Morgan fingerprint density at radius 1 is 0.875 bits per heavy atom. The van der Waals surface area contributed by atoms with Crippen molar-refractivity contribution < 1.29 is 0 Å². The van der Waals surface area contributed by atoms with E-state index in [0.717, 1.165) is 5.33 Å². The number of aryl methyl sites for hydroxylation is 1. The molecule has 0 bridgehead atoms. The van der Waals surface area contributed by atoms with Gasteiger partial charge in [-0.3, -0.25) is 0 Å². The highest BCUT2D eigenvalue weighted by atomic mass is 127. The minimum absolute atomic E-state index is 1.16. The Bertz CT molecular complexity index is 286. The van der Waals surface area contributed by atoms with Gasteiger partial charge < -0.3 is 0 Å². The van der Waals surface area contributed by atoms with E-state index >= 15 is 0 Å². The molecule has 1 rings (SSSR count). The third-order valence-corrected chi connectivity index (χ3v) is 4.40. The SMILES string of the molecule is BrCCCCCCCCc1ccccc1I. The fourth-order valence-corrected chi connectivity index (χ4v) is 2.87. The lowest BCUT2D eigenvalue weighted by Gasteiger charge is -2.04. The second kappa shape index (κ2) is 9.46. The van der Waals surface area contributed by atoms with Gasteiger partial charge >= 0.3 is 0 Å². The molecule has 0 nitrogen and oxygen atoms in total. The molecule has 16 heavy (non-hydrogen) atoms. The molecule has 0 aliphatic heterocycles. The minimum Gasteiger partial charge on any atom is -0.0928 e. The highest BCUT2D eigenvalue weighted by Crippen LogP contribution is 2.15. The van der Waals surface area contributed by atoms with E-state index in [-0.39, 0.29) is 0 Å². The van der Waals surface area contributed by atoms with E-state index in [2.05, 4.69) is 62.8 Å². The first kappa shape index (κ1) is 14.5. The Balaban J connectivity index is 2.05. The zero-order valence-corrected chi connectivity index (χ0v) is 13.5. The van der Waals surface area contributed by atoms with Crippen LogP contribution in [-0.2, 0) is 6.42 Å². The molecule has 0 heterocycles. The van der Waals surface area contributed by atoms with Crippen molar-refractivity contribution in [3.05, 3.63) is 33.4 Å². The molecular weight excluding hydrogens is 375 g/mol. The summed E-state index contributed by atoms with van der Waals surface area (Å²) in [6.07, 6.45) is 9.48. The molecule has 0 radical (unpaired) electrons. The largest absolute Gasteiger partial charge is 0.0928 e. The zero-order chi connectivity index (χ0) is 11.6. The molecule has 1 aromatic carbocycles. The first-order valence-electron chi connectivity index (χ1n) is 6.14. The van der Waals surface area contributed by atoms with Crippen molar-refractivity contribution in [3.63, 3.8) is 0 Å². The molecule has 0 spiro atoms. The van der Waals surface area contributed by atoms with Crippen LogP contribution in [0.15, 0.2) is 24.3 Å². The van der Waals surface area contributed by atoms with Gasteiger partial charge in [0.2, 0.25) is 0 Å². The van der Waals surface area contributed by atoms with E-state index in [1.165, 1.54) is 54.1 Å². The van der Waals surface area contributed by atoms with E-state index in [1.54, 1.807) is 0 Å². The van der Waals surface area contributed by atoms with Crippen molar-refractivity contribution in [2.24, 2.45) is 0 Å². The Morgan fingerprint density at radius 3 is 2.19 bits per heavy atom. The standard InChI is InChI=1S/C14H20BrI/c15-12-8-4-2-1-3-5-9-13-10-6-7-11-14(13)16/h6-7,10-11H,1-5,8-9,12H2. The van der Waals surface area contributed by atoms with Crippen molar-refractivity contribution >= 4 is 38.5 Å². The predicted molar refractivity (Wildman–Crippen MR) is 84.4 cm³/mol. The molecule has 2 heteroatoms. The van der Waals surface area contributed by atoms with E-state index < -0.39 is 0 Å². The lowest BCUT2D eigenvalue weighted by Crippen LogP contribution is -1.89. The number of hydrogen-bond acceptors (Lipinski definition) is 0. The second-order valence-electron chi connectivity index (χ2n) is 4.15. The highest BCUT2D eigenvalue weighted by molar-refractivity contribution is 14.1. The van der Waals surface area contributed by atoms with Crippen molar-refractivity contribution in [1.82, 2.24) is 0 Å². The quantitative estimate of drug-likeness (QED) is 0.307. The van der Waals surface area contributed by atoms with Crippen LogP contribution in [0, 0.1) is 3.57 Å². The minimum atomic E-state index is 1.16. The fourth-order valence-electron chi connectivity index (χ4n) is 1.82. The van der Waals surface area contributed by atoms with Gasteiger partial charge in [0, 0.05) is 8.90 Å². The molecule has 0 saturated heterocycles. The van der Waals surface area contributed by atoms with Crippen molar-refractivity contribution in [1.29, 1.82) is 0 Å². The number of halogens is 2. The van der Waals surface area contributed by atoms with Gasteiger partial charge in [-0.2, -0.15) is 0 Å². The molecule has 90 valence electrons. The smallest absolute Gasteiger partial charge is 0.0162 e. The van der Waals surface area contributed by atoms with Gasteiger partial charge in [0.15, 0.2) is 0 Å². The Labute approximate surface area is 121 Å². The van der Waals surface area contributed by atoms with Gasteiger partial charge in [0.1, 0.15) is 0 Å². The van der Waals surface area contributed by atoms with Crippen LogP contribution >= 0.6 is 38.5 Å². The first-order chi connectivity index (χ1) is 7.84. The number of unbranched alkanes of at least 4 members (excludes halogenated alkanes) is 5. The summed E-state index contributed by atoms with van der Waals surface area (Å²) in [5.74, 6) is 0. The monoisotopic (exact) mass is 394 g/mol. The molecule has 0 aliphatic carbocycles. The second-order valence-corrected chi connectivity index (χ2v) is 6.11. The topological polar surface area (TPSA) is 0 Å². The third kappa shape index (κ3) is 6.24. The Morgan fingerprint density at radius 2 is 1.50 bits per heavy atom. The first-order valence-corrected chi connectivity index (χ1v) is 8.34. The summed E-state index contributed by atoms with van der Waals surface area (Å²) in [5, 5.41) is 1.16. The van der Waals surface area contributed by atoms with Gasteiger partial charge in [0.25, 0.3) is 0 Å². The Kier molecular flexibility index (Phi) is 8.57. The predicted octanol–water partition coefficient (Wildman–Crippen LogP) is 5.57.